The summed E-state index contributed by atoms with van der Waals surface area (Å²) in [7, 11) is 0. The third kappa shape index (κ3) is 4.21. The van der Waals surface area contributed by atoms with Gasteiger partial charge in [-0.1, -0.05) is 6.92 Å². The number of nitrogens with zero attached hydrogens (tertiary/aromatic N) is 5. The van der Waals surface area contributed by atoms with Crippen molar-refractivity contribution in [2.45, 2.75) is 32.2 Å². The van der Waals surface area contributed by atoms with Crippen LogP contribution in [0.25, 0.3) is 28.1 Å². The monoisotopic (exact) mass is 450 g/mol. The Kier molecular flexibility index (Phi) is 5.82. The van der Waals surface area contributed by atoms with Crippen LogP contribution in [0.4, 0.5) is 5.82 Å². The Morgan fingerprint density at radius 3 is 3.00 bits per heavy atom. The number of hydrogen-bond acceptors (Lipinski definition) is 8. The Morgan fingerprint density at radius 1 is 1.30 bits per heavy atom. The summed E-state index contributed by atoms with van der Waals surface area (Å²) in [5.41, 5.74) is 2.06. The molecule has 0 saturated carbocycles. The first-order valence-electron chi connectivity index (χ1n) is 11.2. The molecule has 1 fully saturated rings. The molecule has 2 N–H and O–H groups in total. The number of fused-ring (bicyclic) bond motifs is 2. The molecule has 4 aromatic heterocycles. The zero-order valence-electron chi connectivity index (χ0n) is 18.4. The summed E-state index contributed by atoms with van der Waals surface area (Å²) in [6.45, 7) is 3.79. The van der Waals surface area contributed by atoms with E-state index in [1.807, 2.05) is 18.2 Å². The van der Waals surface area contributed by atoms with E-state index in [0.717, 1.165) is 30.6 Å². The summed E-state index contributed by atoms with van der Waals surface area (Å²) >= 11 is 0. The minimum atomic E-state index is 0.00327. The number of amides is 1. The Labute approximate surface area is 190 Å². The maximum absolute atomic E-state index is 11.4. The molecule has 10 nitrogen and oxygen atoms in total. The number of carbonyl (C=O) groups excluding carboxylic acids is 1. The van der Waals surface area contributed by atoms with Crippen molar-refractivity contribution >= 4 is 28.3 Å². The highest BCUT2D eigenvalue weighted by atomic mass is 16.5. The molecule has 0 aromatic carbocycles. The molecule has 10 heteroatoms. The van der Waals surface area contributed by atoms with Crippen molar-refractivity contribution < 1.29 is 19.1 Å². The molecule has 1 atom stereocenters. The van der Waals surface area contributed by atoms with Gasteiger partial charge in [-0.15, -0.1) is 5.10 Å². The van der Waals surface area contributed by atoms with Crippen molar-refractivity contribution in [3.63, 3.8) is 0 Å². The van der Waals surface area contributed by atoms with Gasteiger partial charge in [-0.25, -0.2) is 14.5 Å². The topological polar surface area (TPSA) is 118 Å². The fourth-order valence-electron chi connectivity index (χ4n) is 4.13. The van der Waals surface area contributed by atoms with Crippen molar-refractivity contribution in [3.8, 4) is 17.3 Å². The smallest absolute Gasteiger partial charge is 0.231 e. The van der Waals surface area contributed by atoms with Gasteiger partial charge in [0.15, 0.2) is 11.4 Å². The number of imidazole rings is 1. The normalized spacial score (nSPS) is 15.9. The minimum Gasteiger partial charge on any atom is -0.474 e. The fourth-order valence-corrected chi connectivity index (χ4v) is 4.13. The molecular weight excluding hydrogens is 424 g/mol. The number of rotatable bonds is 9. The van der Waals surface area contributed by atoms with Crippen molar-refractivity contribution in [1.82, 2.24) is 24.9 Å². The number of aliphatic hydroxyl groups excluding tert-OH is 1. The number of carbonyl (C=O) groups is 1. The molecule has 0 aliphatic carbocycles. The molecule has 1 unspecified atom stereocenters. The highest BCUT2D eigenvalue weighted by Gasteiger charge is 2.22. The van der Waals surface area contributed by atoms with E-state index in [1.165, 1.54) is 0 Å². The van der Waals surface area contributed by atoms with E-state index in [9.17, 15) is 9.90 Å². The summed E-state index contributed by atoms with van der Waals surface area (Å²) in [6.07, 6.45) is 5.66. The molecular formula is C23H26N6O4. The lowest BCUT2D eigenvalue weighted by Crippen LogP contribution is -2.31. The predicted octanol–water partition coefficient (Wildman–Crippen LogP) is 2.40. The third-order valence-corrected chi connectivity index (χ3v) is 5.70. The lowest BCUT2D eigenvalue weighted by Gasteiger charge is -2.22. The summed E-state index contributed by atoms with van der Waals surface area (Å²) < 4.78 is 13.7. The second-order valence-electron chi connectivity index (χ2n) is 8.07. The average Bonchev–Trinajstić information content (AvgIpc) is 3.54. The Hall–Kier alpha value is -3.66. The van der Waals surface area contributed by atoms with Crippen LogP contribution in [0, 0.1) is 0 Å². The first-order chi connectivity index (χ1) is 16.2. The number of pyridine rings is 1. The van der Waals surface area contributed by atoms with Crippen LogP contribution in [0.1, 0.15) is 26.2 Å². The zero-order valence-corrected chi connectivity index (χ0v) is 18.4. The molecule has 1 amide bonds. The highest BCUT2D eigenvalue weighted by molar-refractivity contribution is 5.92. The van der Waals surface area contributed by atoms with Crippen LogP contribution in [0.2, 0.25) is 0 Å². The molecule has 0 spiro atoms. The van der Waals surface area contributed by atoms with Gasteiger partial charge in [0.05, 0.1) is 24.2 Å². The first kappa shape index (κ1) is 21.2. The maximum Gasteiger partial charge on any atom is 0.231 e. The molecule has 0 bridgehead atoms. The number of ether oxygens (including phenoxy) is 1. The van der Waals surface area contributed by atoms with Gasteiger partial charge in [0.2, 0.25) is 11.8 Å². The van der Waals surface area contributed by atoms with E-state index in [4.69, 9.17) is 9.15 Å². The van der Waals surface area contributed by atoms with Crippen LogP contribution in [0.15, 0.2) is 41.1 Å². The second-order valence-corrected chi connectivity index (χ2v) is 8.07. The van der Waals surface area contributed by atoms with Crippen LogP contribution >= 0.6 is 0 Å². The number of aliphatic hydroxyl groups is 1. The quantitative estimate of drug-likeness (QED) is 0.399. The molecule has 5 rings (SSSR count). The van der Waals surface area contributed by atoms with Crippen LogP contribution in [0.3, 0.4) is 0 Å². The van der Waals surface area contributed by atoms with Gasteiger partial charge in [0, 0.05) is 31.8 Å². The van der Waals surface area contributed by atoms with E-state index < -0.39 is 0 Å². The van der Waals surface area contributed by atoms with Crippen molar-refractivity contribution in [1.29, 1.82) is 0 Å². The number of anilines is 1. The number of furan rings is 1. The Balaban J connectivity index is 1.46. The standard InChI is InChI=1S/C23H26N6O4/c1-2-9-28(10-11-30)23-16-12-19(33-18(16)7-8-24-23)17-13-25-20-4-6-22(27-29(17)20)32-14-15-3-5-21(31)26-15/h4,6-8,12-13,15,30H,2-3,5,9-11,14H2,1H3,(H,26,31). The average molecular weight is 450 g/mol. The van der Waals surface area contributed by atoms with E-state index >= 15 is 0 Å². The number of hydrogen-bond donors (Lipinski definition) is 2. The first-order valence-corrected chi connectivity index (χ1v) is 11.2. The van der Waals surface area contributed by atoms with Gasteiger partial charge in [-0.3, -0.25) is 4.79 Å². The molecule has 172 valence electrons. The number of aromatic nitrogens is 4. The lowest BCUT2D eigenvalue weighted by molar-refractivity contribution is -0.119. The minimum absolute atomic E-state index is 0.00327. The summed E-state index contributed by atoms with van der Waals surface area (Å²) in [5.74, 6) is 1.89. The Bertz CT molecular complexity index is 1280. The molecule has 0 radical (unpaired) electrons. The lowest BCUT2D eigenvalue weighted by atomic mass is 10.2. The van der Waals surface area contributed by atoms with E-state index in [-0.39, 0.29) is 18.6 Å². The van der Waals surface area contributed by atoms with Gasteiger partial charge in [-0.05, 0) is 31.0 Å². The van der Waals surface area contributed by atoms with Gasteiger partial charge in [-0.2, -0.15) is 0 Å². The molecule has 1 aliphatic heterocycles. The Morgan fingerprint density at radius 2 is 2.21 bits per heavy atom. The van der Waals surface area contributed by atoms with Crippen molar-refractivity contribution in [2.24, 2.45) is 0 Å². The van der Waals surface area contributed by atoms with Gasteiger partial charge in [0.25, 0.3) is 0 Å². The van der Waals surface area contributed by atoms with Gasteiger partial charge < -0.3 is 24.5 Å². The maximum atomic E-state index is 11.4. The summed E-state index contributed by atoms with van der Waals surface area (Å²) in [4.78, 5) is 22.4. The summed E-state index contributed by atoms with van der Waals surface area (Å²) in [6, 6.07) is 7.36. The molecule has 5 heterocycles. The molecule has 33 heavy (non-hydrogen) atoms. The fraction of sp³-hybridized carbons (Fsp3) is 0.391. The van der Waals surface area contributed by atoms with Gasteiger partial charge in [0.1, 0.15) is 23.7 Å². The molecule has 1 aliphatic rings. The van der Waals surface area contributed by atoms with Crippen molar-refractivity contribution in [3.05, 3.63) is 36.7 Å². The van der Waals surface area contributed by atoms with E-state index in [2.05, 4.69) is 32.2 Å². The summed E-state index contributed by atoms with van der Waals surface area (Å²) in [5, 5.41) is 17.8. The molecule has 1 saturated heterocycles. The molecule has 4 aromatic rings. The van der Waals surface area contributed by atoms with Crippen LogP contribution in [-0.2, 0) is 4.79 Å². The zero-order chi connectivity index (χ0) is 22.8. The van der Waals surface area contributed by atoms with E-state index in [0.29, 0.717) is 48.1 Å². The van der Waals surface area contributed by atoms with Crippen LogP contribution in [-0.4, -0.2) is 62.9 Å². The second kappa shape index (κ2) is 9.07. The predicted molar refractivity (Wildman–Crippen MR) is 122 cm³/mol. The largest absolute Gasteiger partial charge is 0.474 e. The van der Waals surface area contributed by atoms with Gasteiger partial charge >= 0.3 is 0 Å². The number of nitrogens with one attached hydrogen (secondary N) is 1. The van der Waals surface area contributed by atoms with Crippen molar-refractivity contribution in [2.75, 3.05) is 31.2 Å². The van der Waals surface area contributed by atoms with Crippen LogP contribution < -0.4 is 15.0 Å². The van der Waals surface area contributed by atoms with Crippen LogP contribution in [0.5, 0.6) is 5.88 Å². The third-order valence-electron chi connectivity index (χ3n) is 5.70. The van der Waals surface area contributed by atoms with E-state index in [1.54, 1.807) is 23.0 Å². The SMILES string of the molecule is CCCN(CCO)c1nccc2oc(-c3cnc4ccc(OCC5CCC(=O)N5)nn34)cc12. The highest BCUT2D eigenvalue weighted by Crippen LogP contribution is 2.33.